The fourth-order valence-electron chi connectivity index (χ4n) is 2.87. The molecule has 0 spiro atoms. The predicted octanol–water partition coefficient (Wildman–Crippen LogP) is 3.45. The topological polar surface area (TPSA) is 47.3 Å². The summed E-state index contributed by atoms with van der Waals surface area (Å²) in [5.74, 6) is 0.344. The summed E-state index contributed by atoms with van der Waals surface area (Å²) >= 11 is 0. The maximum atomic E-state index is 9.84. The first kappa shape index (κ1) is 13.9. The van der Waals surface area contributed by atoms with Crippen LogP contribution in [0.2, 0.25) is 0 Å². The molecule has 1 heterocycles. The SMILES string of the molecule is Cc1cc(C(C#N)N2CCCCCC2)cc(C)c1O. The summed E-state index contributed by atoms with van der Waals surface area (Å²) in [5.41, 5.74) is 2.72. The summed E-state index contributed by atoms with van der Waals surface area (Å²) in [6.07, 6.45) is 4.88. The van der Waals surface area contributed by atoms with E-state index in [2.05, 4.69) is 11.0 Å². The maximum absolute atomic E-state index is 9.84. The van der Waals surface area contributed by atoms with Gasteiger partial charge in [0.05, 0.1) is 6.07 Å². The molecule has 0 bridgehead atoms. The van der Waals surface area contributed by atoms with Gasteiger partial charge in [0.1, 0.15) is 11.8 Å². The number of hydrogen-bond donors (Lipinski definition) is 1. The van der Waals surface area contributed by atoms with Gasteiger partial charge in [-0.3, -0.25) is 4.90 Å². The van der Waals surface area contributed by atoms with Crippen molar-refractivity contribution in [1.29, 1.82) is 5.26 Å². The van der Waals surface area contributed by atoms with Crippen LogP contribution in [-0.4, -0.2) is 23.1 Å². The standard InChI is InChI=1S/C16H22N2O/c1-12-9-14(10-13(2)16(12)19)15(11-17)18-7-5-3-4-6-8-18/h9-10,15,19H,3-8H2,1-2H3. The lowest BCUT2D eigenvalue weighted by atomic mass is 9.99. The molecule has 1 aromatic carbocycles. The second-order valence-electron chi connectivity index (χ2n) is 5.49. The van der Waals surface area contributed by atoms with Gasteiger partial charge in [0, 0.05) is 0 Å². The number of rotatable bonds is 2. The Balaban J connectivity index is 2.29. The quantitative estimate of drug-likeness (QED) is 0.883. The fourth-order valence-corrected chi connectivity index (χ4v) is 2.87. The van der Waals surface area contributed by atoms with E-state index in [0.717, 1.165) is 29.8 Å². The largest absolute Gasteiger partial charge is 0.507 e. The summed E-state index contributed by atoms with van der Waals surface area (Å²) in [5, 5.41) is 19.4. The molecule has 0 aromatic heterocycles. The number of nitriles is 1. The van der Waals surface area contributed by atoms with Crippen molar-refractivity contribution in [2.75, 3.05) is 13.1 Å². The Hall–Kier alpha value is -1.53. The van der Waals surface area contributed by atoms with Crippen LogP contribution >= 0.6 is 0 Å². The zero-order valence-electron chi connectivity index (χ0n) is 11.8. The van der Waals surface area contributed by atoms with Crippen molar-refractivity contribution in [3.8, 4) is 11.8 Å². The average molecular weight is 258 g/mol. The van der Waals surface area contributed by atoms with E-state index in [1.165, 1.54) is 25.7 Å². The van der Waals surface area contributed by atoms with Crippen molar-refractivity contribution >= 4 is 0 Å². The molecule has 2 rings (SSSR count). The molecular formula is C16H22N2O. The van der Waals surface area contributed by atoms with E-state index in [9.17, 15) is 10.4 Å². The highest BCUT2D eigenvalue weighted by Gasteiger charge is 2.22. The lowest BCUT2D eigenvalue weighted by Gasteiger charge is -2.26. The van der Waals surface area contributed by atoms with Crippen LogP contribution in [0.15, 0.2) is 12.1 Å². The van der Waals surface area contributed by atoms with Gasteiger partial charge in [0.15, 0.2) is 0 Å². The van der Waals surface area contributed by atoms with Gasteiger partial charge in [0.2, 0.25) is 0 Å². The summed E-state index contributed by atoms with van der Waals surface area (Å²) in [7, 11) is 0. The molecule has 1 unspecified atom stereocenters. The fraction of sp³-hybridized carbons (Fsp3) is 0.562. The normalized spacial score (nSPS) is 18.6. The molecule has 1 aliphatic heterocycles. The van der Waals surface area contributed by atoms with Gasteiger partial charge in [-0.05, 0) is 68.6 Å². The molecule has 0 amide bonds. The first-order chi connectivity index (χ1) is 9.13. The molecule has 1 aliphatic rings. The first-order valence-corrected chi connectivity index (χ1v) is 7.07. The van der Waals surface area contributed by atoms with Gasteiger partial charge in [-0.25, -0.2) is 0 Å². The third-order valence-electron chi connectivity index (χ3n) is 3.96. The Morgan fingerprint density at radius 2 is 1.63 bits per heavy atom. The number of phenols is 1. The van der Waals surface area contributed by atoms with E-state index < -0.39 is 0 Å². The van der Waals surface area contributed by atoms with Crippen LogP contribution in [0.5, 0.6) is 5.75 Å². The van der Waals surface area contributed by atoms with E-state index in [4.69, 9.17) is 0 Å². The van der Waals surface area contributed by atoms with Gasteiger partial charge in [-0.2, -0.15) is 5.26 Å². The molecule has 0 saturated carbocycles. The molecule has 1 saturated heterocycles. The van der Waals surface area contributed by atoms with Gasteiger partial charge in [-0.1, -0.05) is 12.8 Å². The third kappa shape index (κ3) is 3.08. The number of phenolic OH excluding ortho intramolecular Hbond substituents is 1. The van der Waals surface area contributed by atoms with Crippen molar-refractivity contribution in [3.63, 3.8) is 0 Å². The molecule has 0 aliphatic carbocycles. The number of benzene rings is 1. The van der Waals surface area contributed by atoms with E-state index in [-0.39, 0.29) is 6.04 Å². The van der Waals surface area contributed by atoms with E-state index in [1.807, 2.05) is 26.0 Å². The van der Waals surface area contributed by atoms with E-state index in [1.54, 1.807) is 0 Å². The van der Waals surface area contributed by atoms with Crippen LogP contribution in [0.25, 0.3) is 0 Å². The Labute approximate surface area is 115 Å². The van der Waals surface area contributed by atoms with Crippen LogP contribution in [-0.2, 0) is 0 Å². The Morgan fingerprint density at radius 1 is 1.11 bits per heavy atom. The van der Waals surface area contributed by atoms with Gasteiger partial charge in [0.25, 0.3) is 0 Å². The second kappa shape index (κ2) is 6.08. The first-order valence-electron chi connectivity index (χ1n) is 7.07. The van der Waals surface area contributed by atoms with Crippen LogP contribution in [0, 0.1) is 25.2 Å². The van der Waals surface area contributed by atoms with Crippen LogP contribution < -0.4 is 0 Å². The van der Waals surface area contributed by atoms with Gasteiger partial charge < -0.3 is 5.11 Å². The predicted molar refractivity (Wildman–Crippen MR) is 76.0 cm³/mol. The maximum Gasteiger partial charge on any atom is 0.123 e. The van der Waals surface area contributed by atoms with Crippen molar-refractivity contribution < 1.29 is 5.11 Å². The molecule has 3 heteroatoms. The Kier molecular flexibility index (Phi) is 4.44. The van der Waals surface area contributed by atoms with Crippen LogP contribution in [0.1, 0.15) is 48.4 Å². The van der Waals surface area contributed by atoms with Crippen LogP contribution in [0.3, 0.4) is 0 Å². The van der Waals surface area contributed by atoms with Crippen molar-refractivity contribution in [2.45, 2.75) is 45.6 Å². The van der Waals surface area contributed by atoms with Crippen LogP contribution in [0.4, 0.5) is 0 Å². The zero-order chi connectivity index (χ0) is 13.8. The molecule has 1 aromatic rings. The Morgan fingerprint density at radius 3 is 2.11 bits per heavy atom. The zero-order valence-corrected chi connectivity index (χ0v) is 11.8. The summed E-state index contributed by atoms with van der Waals surface area (Å²) in [6.45, 7) is 5.78. The van der Waals surface area contributed by atoms with Crippen molar-refractivity contribution in [2.24, 2.45) is 0 Å². The average Bonchev–Trinajstić information content (AvgIpc) is 2.66. The second-order valence-corrected chi connectivity index (χ2v) is 5.49. The molecule has 3 nitrogen and oxygen atoms in total. The highest BCUT2D eigenvalue weighted by Crippen LogP contribution is 2.29. The number of likely N-dealkylation sites (tertiary alicyclic amines) is 1. The minimum absolute atomic E-state index is 0.184. The summed E-state index contributed by atoms with van der Waals surface area (Å²) in [4.78, 5) is 2.28. The van der Waals surface area contributed by atoms with E-state index in [0.29, 0.717) is 5.75 Å². The molecule has 1 fully saturated rings. The van der Waals surface area contributed by atoms with Gasteiger partial charge >= 0.3 is 0 Å². The highest BCUT2D eigenvalue weighted by molar-refractivity contribution is 5.44. The minimum atomic E-state index is -0.184. The smallest absolute Gasteiger partial charge is 0.123 e. The monoisotopic (exact) mass is 258 g/mol. The molecule has 1 N–H and O–H groups in total. The summed E-state index contributed by atoms with van der Waals surface area (Å²) < 4.78 is 0. The van der Waals surface area contributed by atoms with Crippen molar-refractivity contribution in [1.82, 2.24) is 4.90 Å². The number of aromatic hydroxyl groups is 1. The van der Waals surface area contributed by atoms with E-state index >= 15 is 0 Å². The highest BCUT2D eigenvalue weighted by atomic mass is 16.3. The lowest BCUT2D eigenvalue weighted by molar-refractivity contribution is 0.245. The summed E-state index contributed by atoms with van der Waals surface area (Å²) in [6, 6.07) is 6.14. The minimum Gasteiger partial charge on any atom is -0.507 e. The molecule has 0 radical (unpaired) electrons. The number of nitrogens with zero attached hydrogens (tertiary/aromatic N) is 2. The molecule has 1 atom stereocenters. The molecule has 102 valence electrons. The number of hydrogen-bond acceptors (Lipinski definition) is 3. The van der Waals surface area contributed by atoms with Crippen molar-refractivity contribution in [3.05, 3.63) is 28.8 Å². The molecule has 19 heavy (non-hydrogen) atoms. The number of aryl methyl sites for hydroxylation is 2. The third-order valence-corrected chi connectivity index (χ3v) is 3.96. The lowest BCUT2D eigenvalue weighted by Crippen LogP contribution is -2.29. The van der Waals surface area contributed by atoms with Gasteiger partial charge in [-0.15, -0.1) is 0 Å². The Bertz CT molecular complexity index is 459. The molecular weight excluding hydrogens is 236 g/mol.